The van der Waals surface area contributed by atoms with E-state index in [0.717, 1.165) is 11.1 Å². The number of nitrogens with two attached hydrogens (primary N) is 1. The van der Waals surface area contributed by atoms with Crippen LogP contribution in [0.4, 0.5) is 5.69 Å². The lowest BCUT2D eigenvalue weighted by molar-refractivity contribution is -0.144. The van der Waals surface area contributed by atoms with E-state index in [1.165, 1.54) is 0 Å². The van der Waals surface area contributed by atoms with E-state index in [2.05, 4.69) is 5.32 Å². The van der Waals surface area contributed by atoms with E-state index in [1.54, 1.807) is 26.0 Å². The molecule has 0 saturated heterocycles. The van der Waals surface area contributed by atoms with Gasteiger partial charge in [0.2, 0.25) is 0 Å². The highest BCUT2D eigenvalue weighted by Crippen LogP contribution is 2.21. The van der Waals surface area contributed by atoms with E-state index >= 15 is 0 Å². The van der Waals surface area contributed by atoms with Crippen LogP contribution in [0.3, 0.4) is 0 Å². The van der Waals surface area contributed by atoms with Gasteiger partial charge in [-0.2, -0.15) is 0 Å². The standard InChI is InChI=1S/C15H22N2O3/c1-5-15(6-2,14(19)20)17-13(18)11-7-9(3)12(16)10(4)8-11/h7-8H,5-6,16H2,1-4H3,(H,17,18)(H,19,20). The maximum absolute atomic E-state index is 12.3. The molecule has 0 atom stereocenters. The molecule has 5 nitrogen and oxygen atoms in total. The van der Waals surface area contributed by atoms with Crippen LogP contribution in [0.2, 0.25) is 0 Å². The van der Waals surface area contributed by atoms with Gasteiger partial charge in [-0.05, 0) is 49.9 Å². The summed E-state index contributed by atoms with van der Waals surface area (Å²) >= 11 is 0. The molecule has 0 heterocycles. The number of amides is 1. The van der Waals surface area contributed by atoms with Crippen molar-refractivity contribution in [3.05, 3.63) is 28.8 Å². The topological polar surface area (TPSA) is 92.4 Å². The van der Waals surface area contributed by atoms with Crippen LogP contribution < -0.4 is 11.1 Å². The first-order valence-corrected chi connectivity index (χ1v) is 6.70. The smallest absolute Gasteiger partial charge is 0.329 e. The van der Waals surface area contributed by atoms with Crippen LogP contribution in [0.25, 0.3) is 0 Å². The third-order valence-electron chi connectivity index (χ3n) is 3.83. The lowest BCUT2D eigenvalue weighted by Crippen LogP contribution is -2.53. The normalized spacial score (nSPS) is 11.2. The fourth-order valence-electron chi connectivity index (χ4n) is 2.18. The molecule has 1 rings (SSSR count). The summed E-state index contributed by atoms with van der Waals surface area (Å²) in [6.07, 6.45) is 0.662. The lowest BCUT2D eigenvalue weighted by Gasteiger charge is -2.28. The maximum atomic E-state index is 12.3. The lowest BCUT2D eigenvalue weighted by atomic mass is 9.92. The number of benzene rings is 1. The third kappa shape index (κ3) is 2.92. The Balaban J connectivity index is 3.10. The molecular weight excluding hydrogens is 256 g/mol. The summed E-state index contributed by atoms with van der Waals surface area (Å²) in [6.45, 7) is 7.14. The van der Waals surface area contributed by atoms with E-state index in [0.29, 0.717) is 24.1 Å². The summed E-state index contributed by atoms with van der Waals surface area (Å²) in [4.78, 5) is 23.7. The van der Waals surface area contributed by atoms with Crippen molar-refractivity contribution in [2.24, 2.45) is 0 Å². The summed E-state index contributed by atoms with van der Waals surface area (Å²) in [7, 11) is 0. The summed E-state index contributed by atoms with van der Waals surface area (Å²) in [6, 6.07) is 3.35. The summed E-state index contributed by atoms with van der Waals surface area (Å²) in [5, 5.41) is 12.0. The fraction of sp³-hybridized carbons (Fsp3) is 0.467. The summed E-state index contributed by atoms with van der Waals surface area (Å²) in [5.74, 6) is -1.40. The molecule has 20 heavy (non-hydrogen) atoms. The van der Waals surface area contributed by atoms with Crippen molar-refractivity contribution in [2.45, 2.75) is 46.1 Å². The number of anilines is 1. The van der Waals surface area contributed by atoms with Gasteiger partial charge in [-0.25, -0.2) is 4.79 Å². The molecule has 5 heteroatoms. The molecule has 0 radical (unpaired) electrons. The fourth-order valence-corrected chi connectivity index (χ4v) is 2.18. The molecule has 1 amide bonds. The molecule has 0 aliphatic heterocycles. The Morgan fingerprint density at radius 1 is 1.20 bits per heavy atom. The Hall–Kier alpha value is -2.04. The molecule has 0 bridgehead atoms. The van der Waals surface area contributed by atoms with Crippen molar-refractivity contribution in [1.82, 2.24) is 5.32 Å². The molecule has 0 saturated carbocycles. The number of rotatable bonds is 5. The Morgan fingerprint density at radius 2 is 1.65 bits per heavy atom. The molecule has 1 aromatic rings. The highest BCUT2D eigenvalue weighted by molar-refractivity contribution is 5.98. The molecule has 110 valence electrons. The first-order chi connectivity index (χ1) is 9.27. The van der Waals surface area contributed by atoms with Gasteiger partial charge in [-0.15, -0.1) is 0 Å². The number of aryl methyl sites for hydroxylation is 2. The predicted molar refractivity (Wildman–Crippen MR) is 78.7 cm³/mol. The first kappa shape index (κ1) is 16.0. The van der Waals surface area contributed by atoms with Crippen LogP contribution in [0.1, 0.15) is 48.2 Å². The van der Waals surface area contributed by atoms with Crippen molar-refractivity contribution in [3.8, 4) is 0 Å². The molecule has 0 aromatic heterocycles. The predicted octanol–water partition coefficient (Wildman–Crippen LogP) is 2.26. The number of carbonyl (C=O) groups excluding carboxylic acids is 1. The number of nitrogen functional groups attached to an aromatic ring is 1. The van der Waals surface area contributed by atoms with Gasteiger partial charge in [0.25, 0.3) is 5.91 Å². The van der Waals surface area contributed by atoms with Crippen molar-refractivity contribution < 1.29 is 14.7 Å². The van der Waals surface area contributed by atoms with Crippen molar-refractivity contribution in [1.29, 1.82) is 0 Å². The molecule has 0 aliphatic rings. The van der Waals surface area contributed by atoms with Gasteiger partial charge in [0, 0.05) is 11.3 Å². The highest BCUT2D eigenvalue weighted by Gasteiger charge is 2.36. The first-order valence-electron chi connectivity index (χ1n) is 6.70. The number of nitrogens with one attached hydrogen (secondary N) is 1. The highest BCUT2D eigenvalue weighted by atomic mass is 16.4. The van der Waals surface area contributed by atoms with Crippen molar-refractivity contribution >= 4 is 17.6 Å². The van der Waals surface area contributed by atoms with E-state index in [1.807, 2.05) is 13.8 Å². The molecule has 0 unspecified atom stereocenters. The van der Waals surface area contributed by atoms with Crippen LogP contribution in [-0.4, -0.2) is 22.5 Å². The quantitative estimate of drug-likeness (QED) is 0.720. The monoisotopic (exact) mass is 278 g/mol. The van der Waals surface area contributed by atoms with Crippen LogP contribution in [-0.2, 0) is 4.79 Å². The van der Waals surface area contributed by atoms with Gasteiger partial charge in [0.15, 0.2) is 0 Å². The van der Waals surface area contributed by atoms with Gasteiger partial charge < -0.3 is 16.2 Å². The number of carboxylic acid groups (broad SMARTS) is 1. The Labute approximate surface area is 119 Å². The number of carbonyl (C=O) groups is 2. The van der Waals surface area contributed by atoms with Crippen LogP contribution >= 0.6 is 0 Å². The largest absolute Gasteiger partial charge is 0.480 e. The van der Waals surface area contributed by atoms with Crippen LogP contribution in [0, 0.1) is 13.8 Å². The summed E-state index contributed by atoms with van der Waals surface area (Å²) in [5.41, 5.74) is 7.33. The number of carboxylic acids is 1. The van der Waals surface area contributed by atoms with E-state index in [4.69, 9.17) is 5.73 Å². The minimum absolute atomic E-state index is 0.331. The molecule has 4 N–H and O–H groups in total. The van der Waals surface area contributed by atoms with Crippen molar-refractivity contribution in [3.63, 3.8) is 0 Å². The molecule has 0 fully saturated rings. The second-order valence-corrected chi connectivity index (χ2v) is 5.07. The third-order valence-corrected chi connectivity index (χ3v) is 3.83. The SMILES string of the molecule is CCC(CC)(NC(=O)c1cc(C)c(N)c(C)c1)C(=O)O. The number of aliphatic carboxylic acids is 1. The van der Waals surface area contributed by atoms with Gasteiger partial charge in [-0.3, -0.25) is 4.79 Å². The van der Waals surface area contributed by atoms with Gasteiger partial charge in [-0.1, -0.05) is 13.8 Å². The zero-order valence-corrected chi connectivity index (χ0v) is 12.4. The average Bonchev–Trinajstić information content (AvgIpc) is 2.41. The van der Waals surface area contributed by atoms with Gasteiger partial charge in [0.05, 0.1) is 0 Å². The Kier molecular flexibility index (Phi) is 4.76. The maximum Gasteiger partial charge on any atom is 0.329 e. The van der Waals surface area contributed by atoms with Crippen LogP contribution in [0.5, 0.6) is 0 Å². The Morgan fingerprint density at radius 3 is 2.00 bits per heavy atom. The molecule has 1 aromatic carbocycles. The second-order valence-electron chi connectivity index (χ2n) is 5.07. The Bertz CT molecular complexity index is 511. The zero-order chi connectivity index (χ0) is 15.5. The van der Waals surface area contributed by atoms with E-state index in [9.17, 15) is 14.7 Å². The van der Waals surface area contributed by atoms with Gasteiger partial charge in [0.1, 0.15) is 5.54 Å². The zero-order valence-electron chi connectivity index (χ0n) is 12.4. The minimum Gasteiger partial charge on any atom is -0.480 e. The second kappa shape index (κ2) is 5.94. The van der Waals surface area contributed by atoms with Crippen LogP contribution in [0.15, 0.2) is 12.1 Å². The van der Waals surface area contributed by atoms with E-state index in [-0.39, 0.29) is 5.91 Å². The minimum atomic E-state index is -1.22. The average molecular weight is 278 g/mol. The van der Waals surface area contributed by atoms with E-state index < -0.39 is 11.5 Å². The van der Waals surface area contributed by atoms with Gasteiger partial charge >= 0.3 is 5.97 Å². The van der Waals surface area contributed by atoms with Crippen molar-refractivity contribution in [2.75, 3.05) is 5.73 Å². The number of hydrogen-bond acceptors (Lipinski definition) is 3. The molecular formula is C15H22N2O3. The summed E-state index contributed by atoms with van der Waals surface area (Å²) < 4.78 is 0. The molecule has 0 aliphatic carbocycles. The number of hydrogen-bond donors (Lipinski definition) is 3. The molecule has 0 spiro atoms.